The van der Waals surface area contributed by atoms with E-state index in [1.807, 2.05) is 56.3 Å². The summed E-state index contributed by atoms with van der Waals surface area (Å²) >= 11 is 0. The van der Waals surface area contributed by atoms with Gasteiger partial charge in [0.15, 0.2) is 0 Å². The number of nitrogens with zero attached hydrogens (tertiary/aromatic N) is 3. The number of pyridine rings is 1. The van der Waals surface area contributed by atoms with Gasteiger partial charge in [-0.15, -0.1) is 0 Å². The van der Waals surface area contributed by atoms with Crippen molar-refractivity contribution in [3.8, 4) is 6.07 Å². The summed E-state index contributed by atoms with van der Waals surface area (Å²) < 4.78 is 7.51. The van der Waals surface area contributed by atoms with Gasteiger partial charge in [-0.25, -0.2) is 4.98 Å². The highest BCUT2D eigenvalue weighted by molar-refractivity contribution is 5.96. The van der Waals surface area contributed by atoms with Crippen LogP contribution in [-0.2, 0) is 9.53 Å². The zero-order valence-electron chi connectivity index (χ0n) is 21.1. The minimum atomic E-state index is -0.237. The molecule has 1 aliphatic rings. The van der Waals surface area contributed by atoms with E-state index in [9.17, 15) is 10.1 Å². The first-order valence-electron chi connectivity index (χ1n) is 12.6. The second-order valence-corrected chi connectivity index (χ2v) is 9.47. The number of fused-ring (bicyclic) bond motifs is 1. The predicted octanol–water partition coefficient (Wildman–Crippen LogP) is 5.47. The molecule has 1 N–H and O–H groups in total. The number of hydrogen-bond donors (Lipinski definition) is 1. The lowest BCUT2D eigenvalue weighted by molar-refractivity contribution is -0.117. The molecule has 4 aromatic rings. The van der Waals surface area contributed by atoms with Crippen molar-refractivity contribution in [1.29, 1.82) is 5.26 Å². The number of aromatic nitrogens is 2. The van der Waals surface area contributed by atoms with E-state index < -0.39 is 0 Å². The highest BCUT2D eigenvalue weighted by Crippen LogP contribution is 2.37. The van der Waals surface area contributed by atoms with Gasteiger partial charge in [0.25, 0.3) is 0 Å². The summed E-state index contributed by atoms with van der Waals surface area (Å²) in [5, 5.41) is 14.2. The molecular weight excluding hydrogens is 460 g/mol. The molecule has 6 heteroatoms. The first kappa shape index (κ1) is 24.5. The van der Waals surface area contributed by atoms with Crippen molar-refractivity contribution in [3.63, 3.8) is 0 Å². The summed E-state index contributed by atoms with van der Waals surface area (Å²) in [5.74, 6) is -0.176. The summed E-state index contributed by atoms with van der Waals surface area (Å²) in [7, 11) is 0. The Morgan fingerprint density at radius 1 is 1.08 bits per heavy atom. The summed E-state index contributed by atoms with van der Waals surface area (Å²) in [6.45, 7) is 5.28. The van der Waals surface area contributed by atoms with Crippen LogP contribution in [-0.4, -0.2) is 34.7 Å². The van der Waals surface area contributed by atoms with E-state index in [4.69, 9.17) is 9.72 Å². The molecule has 0 bridgehead atoms. The number of nitrogens with one attached hydrogen (secondary N) is 1. The summed E-state index contributed by atoms with van der Waals surface area (Å²) in [6.07, 6.45) is 4.91. The van der Waals surface area contributed by atoms with E-state index in [0.717, 1.165) is 46.3 Å². The van der Waals surface area contributed by atoms with E-state index in [0.29, 0.717) is 24.5 Å². The maximum Gasteiger partial charge on any atom is 0.244 e. The molecule has 6 nitrogen and oxygen atoms in total. The van der Waals surface area contributed by atoms with Crippen molar-refractivity contribution < 1.29 is 9.53 Å². The maximum atomic E-state index is 12.9. The summed E-state index contributed by atoms with van der Waals surface area (Å²) in [4.78, 5) is 17.8. The highest BCUT2D eigenvalue weighted by atomic mass is 16.5. The van der Waals surface area contributed by atoms with Crippen molar-refractivity contribution in [2.75, 3.05) is 13.2 Å². The molecular formula is C31H30N4O2. The number of rotatable bonds is 6. The van der Waals surface area contributed by atoms with Gasteiger partial charge in [0.1, 0.15) is 11.7 Å². The largest absolute Gasteiger partial charge is 0.381 e. The van der Waals surface area contributed by atoms with Crippen molar-refractivity contribution in [2.24, 2.45) is 0 Å². The van der Waals surface area contributed by atoms with Crippen LogP contribution in [0.15, 0.2) is 72.8 Å². The molecule has 0 saturated carbocycles. The Morgan fingerprint density at radius 2 is 1.70 bits per heavy atom. The molecule has 0 radical (unpaired) electrons. The van der Waals surface area contributed by atoms with E-state index in [-0.39, 0.29) is 18.0 Å². The Hall–Kier alpha value is -4.21. The Labute approximate surface area is 217 Å². The molecule has 1 amide bonds. The van der Waals surface area contributed by atoms with Gasteiger partial charge in [0, 0.05) is 36.4 Å². The third-order valence-corrected chi connectivity index (χ3v) is 6.88. The SMILES string of the molecule is Cc1cc(C)c2c(C#N)c(/C=C/C(=O)NC3CCOCC3)n(C(c3ccccc3)c3ccccc3)c2n1. The smallest absolute Gasteiger partial charge is 0.244 e. The fourth-order valence-corrected chi connectivity index (χ4v) is 5.21. The van der Waals surface area contributed by atoms with Crippen LogP contribution in [0, 0.1) is 25.2 Å². The van der Waals surface area contributed by atoms with Gasteiger partial charge in [0.2, 0.25) is 5.91 Å². The van der Waals surface area contributed by atoms with Crippen LogP contribution in [0.3, 0.4) is 0 Å². The molecule has 0 unspecified atom stereocenters. The van der Waals surface area contributed by atoms with E-state index >= 15 is 0 Å². The number of amides is 1. The molecule has 2 aromatic carbocycles. The summed E-state index contributed by atoms with van der Waals surface area (Å²) in [5.41, 5.74) is 5.91. The standard InChI is InChI=1S/C31H30N4O2/c1-21-19-22(2)33-31-29(21)26(20-32)27(13-14-28(36)34-25-15-17-37-18-16-25)35(31)30(23-9-5-3-6-10-23)24-11-7-4-8-12-24/h3-14,19,25,30H,15-18H2,1-2H3,(H,34,36)/b14-13+. The van der Waals surface area contributed by atoms with Crippen LogP contribution in [0.2, 0.25) is 0 Å². The molecule has 0 spiro atoms. The van der Waals surface area contributed by atoms with Crippen molar-refractivity contribution >= 4 is 23.0 Å². The van der Waals surface area contributed by atoms with Crippen molar-refractivity contribution in [3.05, 3.63) is 106 Å². The first-order chi connectivity index (χ1) is 18.1. The molecule has 1 fully saturated rings. The van der Waals surface area contributed by atoms with Gasteiger partial charge in [-0.05, 0) is 55.5 Å². The first-order valence-corrected chi connectivity index (χ1v) is 12.6. The minimum Gasteiger partial charge on any atom is -0.381 e. The number of ether oxygens (including phenoxy) is 1. The monoisotopic (exact) mass is 490 g/mol. The zero-order chi connectivity index (χ0) is 25.8. The maximum absolute atomic E-state index is 12.9. The Balaban J connectivity index is 1.71. The Bertz CT molecular complexity index is 1440. The summed E-state index contributed by atoms with van der Waals surface area (Å²) in [6, 6.07) is 24.7. The lowest BCUT2D eigenvalue weighted by atomic mass is 9.98. The van der Waals surface area contributed by atoms with Crippen molar-refractivity contribution in [1.82, 2.24) is 14.9 Å². The van der Waals surface area contributed by atoms with Crippen LogP contribution in [0.4, 0.5) is 0 Å². The third kappa shape index (κ3) is 5.04. The van der Waals surface area contributed by atoms with Gasteiger partial charge in [0.05, 0.1) is 17.3 Å². The second kappa shape index (κ2) is 10.8. The van der Waals surface area contributed by atoms with Gasteiger partial charge in [-0.1, -0.05) is 60.7 Å². The van der Waals surface area contributed by atoms with Crippen LogP contribution in [0.1, 0.15) is 52.5 Å². The van der Waals surface area contributed by atoms with Crippen molar-refractivity contribution in [2.45, 2.75) is 38.8 Å². The fraction of sp³-hybridized carbons (Fsp3) is 0.258. The topological polar surface area (TPSA) is 79.9 Å². The number of hydrogen-bond acceptors (Lipinski definition) is 4. The molecule has 5 rings (SSSR count). The highest BCUT2D eigenvalue weighted by Gasteiger charge is 2.26. The van der Waals surface area contributed by atoms with E-state index in [2.05, 4.69) is 40.2 Å². The van der Waals surface area contributed by atoms with E-state index in [1.54, 1.807) is 6.08 Å². The average molecular weight is 491 g/mol. The number of aryl methyl sites for hydroxylation is 2. The van der Waals surface area contributed by atoms with Crippen LogP contribution >= 0.6 is 0 Å². The quantitative estimate of drug-likeness (QED) is 0.364. The lowest BCUT2D eigenvalue weighted by Crippen LogP contribution is -2.38. The minimum absolute atomic E-state index is 0.0974. The zero-order valence-corrected chi connectivity index (χ0v) is 21.1. The number of carbonyl (C=O) groups excluding carboxylic acids is 1. The van der Waals surface area contributed by atoms with Gasteiger partial charge >= 0.3 is 0 Å². The third-order valence-electron chi connectivity index (χ3n) is 6.88. The lowest BCUT2D eigenvalue weighted by Gasteiger charge is -2.23. The molecule has 0 atom stereocenters. The number of nitriles is 1. The number of benzene rings is 2. The van der Waals surface area contributed by atoms with Gasteiger partial charge in [-0.3, -0.25) is 4.79 Å². The number of carbonyl (C=O) groups is 1. The van der Waals surface area contributed by atoms with Crippen LogP contribution < -0.4 is 5.32 Å². The van der Waals surface area contributed by atoms with Gasteiger partial charge < -0.3 is 14.6 Å². The second-order valence-electron chi connectivity index (χ2n) is 9.47. The average Bonchev–Trinajstić information content (AvgIpc) is 3.22. The van der Waals surface area contributed by atoms with Gasteiger partial charge in [-0.2, -0.15) is 5.26 Å². The Morgan fingerprint density at radius 3 is 2.30 bits per heavy atom. The Kier molecular flexibility index (Phi) is 7.16. The molecule has 2 aromatic heterocycles. The van der Waals surface area contributed by atoms with Crippen LogP contribution in [0.5, 0.6) is 0 Å². The molecule has 1 aliphatic heterocycles. The molecule has 0 aliphatic carbocycles. The molecule has 3 heterocycles. The molecule has 1 saturated heterocycles. The van der Waals surface area contributed by atoms with Crippen LogP contribution in [0.25, 0.3) is 17.1 Å². The molecule has 37 heavy (non-hydrogen) atoms. The fourth-order valence-electron chi connectivity index (χ4n) is 5.21. The normalized spacial score (nSPS) is 14.3. The van der Waals surface area contributed by atoms with E-state index in [1.165, 1.54) is 6.08 Å². The predicted molar refractivity (Wildman–Crippen MR) is 145 cm³/mol. The molecule has 186 valence electrons.